The number of hydrogen-bond acceptors (Lipinski definition) is 5. The van der Waals surface area contributed by atoms with Crippen molar-refractivity contribution in [2.75, 3.05) is 36.4 Å². The van der Waals surface area contributed by atoms with Crippen molar-refractivity contribution in [3.63, 3.8) is 0 Å². The standard InChI is InChI=1S/C23H23N7O/c1-17-25-21(16-22(26-17)30-10-4-9-24-30)28-11-13-29(14-12-28)23(31)27-20-8-7-18-5-2-3-6-19(18)15-20/h2-10,15-16H,11-14H2,1H3,(H,27,31). The van der Waals surface area contributed by atoms with E-state index in [1.165, 1.54) is 0 Å². The number of nitrogens with zero attached hydrogens (tertiary/aromatic N) is 6. The topological polar surface area (TPSA) is 79.2 Å². The third-order valence-corrected chi connectivity index (χ3v) is 5.44. The molecule has 31 heavy (non-hydrogen) atoms. The van der Waals surface area contributed by atoms with E-state index in [0.29, 0.717) is 32.0 Å². The first-order valence-corrected chi connectivity index (χ1v) is 10.3. The molecule has 2 aromatic heterocycles. The number of carbonyl (C=O) groups excluding carboxylic acids is 1. The maximum absolute atomic E-state index is 12.8. The molecule has 1 aliphatic rings. The van der Waals surface area contributed by atoms with Gasteiger partial charge >= 0.3 is 6.03 Å². The Labute approximate surface area is 180 Å². The van der Waals surface area contributed by atoms with Gasteiger partial charge < -0.3 is 15.1 Å². The lowest BCUT2D eigenvalue weighted by Crippen LogP contribution is -2.50. The molecule has 2 aromatic carbocycles. The summed E-state index contributed by atoms with van der Waals surface area (Å²) in [6.45, 7) is 4.54. The van der Waals surface area contributed by atoms with Crippen molar-refractivity contribution in [3.05, 3.63) is 72.8 Å². The summed E-state index contributed by atoms with van der Waals surface area (Å²) in [6.07, 6.45) is 3.59. The molecule has 0 aliphatic carbocycles. The molecule has 1 saturated heterocycles. The van der Waals surface area contributed by atoms with Gasteiger partial charge in [0.25, 0.3) is 0 Å². The van der Waals surface area contributed by atoms with Gasteiger partial charge in [-0.15, -0.1) is 0 Å². The second-order valence-electron chi connectivity index (χ2n) is 7.55. The fourth-order valence-corrected chi connectivity index (χ4v) is 3.83. The van der Waals surface area contributed by atoms with Crippen LogP contribution in [0.2, 0.25) is 0 Å². The minimum atomic E-state index is -0.0778. The molecule has 3 heterocycles. The number of rotatable bonds is 3. The highest BCUT2D eigenvalue weighted by Crippen LogP contribution is 2.20. The zero-order valence-corrected chi connectivity index (χ0v) is 17.3. The number of carbonyl (C=O) groups is 1. The Morgan fingerprint density at radius 3 is 2.45 bits per heavy atom. The molecule has 0 spiro atoms. The van der Waals surface area contributed by atoms with Crippen molar-refractivity contribution >= 4 is 28.3 Å². The van der Waals surface area contributed by atoms with E-state index < -0.39 is 0 Å². The molecule has 0 atom stereocenters. The van der Waals surface area contributed by atoms with E-state index in [0.717, 1.165) is 28.1 Å². The van der Waals surface area contributed by atoms with Gasteiger partial charge in [-0.3, -0.25) is 0 Å². The number of fused-ring (bicyclic) bond motifs is 1. The van der Waals surface area contributed by atoms with Crippen LogP contribution in [0.3, 0.4) is 0 Å². The quantitative estimate of drug-likeness (QED) is 0.556. The summed E-state index contributed by atoms with van der Waals surface area (Å²) in [7, 11) is 0. The van der Waals surface area contributed by atoms with Gasteiger partial charge in [-0.25, -0.2) is 19.4 Å². The molecule has 0 bridgehead atoms. The second-order valence-corrected chi connectivity index (χ2v) is 7.55. The van der Waals surface area contributed by atoms with Crippen LogP contribution in [0.1, 0.15) is 5.82 Å². The third-order valence-electron chi connectivity index (χ3n) is 5.44. The molecule has 8 heteroatoms. The van der Waals surface area contributed by atoms with Crippen LogP contribution in [0.15, 0.2) is 67.0 Å². The Morgan fingerprint density at radius 2 is 1.68 bits per heavy atom. The fraction of sp³-hybridized carbons (Fsp3) is 0.217. The molecule has 5 rings (SSSR count). The first-order chi connectivity index (χ1) is 15.2. The summed E-state index contributed by atoms with van der Waals surface area (Å²) in [5.41, 5.74) is 0.807. The van der Waals surface area contributed by atoms with Crippen molar-refractivity contribution in [2.24, 2.45) is 0 Å². The summed E-state index contributed by atoms with van der Waals surface area (Å²) in [5.74, 6) is 2.29. The number of amides is 2. The maximum Gasteiger partial charge on any atom is 0.321 e. The zero-order valence-electron chi connectivity index (χ0n) is 17.3. The minimum Gasteiger partial charge on any atom is -0.353 e. The first-order valence-electron chi connectivity index (χ1n) is 10.3. The van der Waals surface area contributed by atoms with Crippen LogP contribution in [0.4, 0.5) is 16.3 Å². The van der Waals surface area contributed by atoms with Gasteiger partial charge in [0.2, 0.25) is 0 Å². The van der Waals surface area contributed by atoms with E-state index in [2.05, 4.69) is 31.3 Å². The Hall–Kier alpha value is -3.94. The molecule has 156 valence electrons. The van der Waals surface area contributed by atoms with Gasteiger partial charge in [0, 0.05) is 50.3 Å². The average Bonchev–Trinajstić information content (AvgIpc) is 3.34. The van der Waals surface area contributed by atoms with Gasteiger partial charge in [-0.05, 0) is 35.9 Å². The normalized spacial score (nSPS) is 14.1. The SMILES string of the molecule is Cc1nc(N2CCN(C(=O)Nc3ccc4ccccc4c3)CC2)cc(-n2cccn2)n1. The van der Waals surface area contributed by atoms with Crippen molar-refractivity contribution < 1.29 is 4.79 Å². The molecule has 2 amide bonds. The van der Waals surface area contributed by atoms with Crippen LogP contribution in [-0.4, -0.2) is 56.9 Å². The van der Waals surface area contributed by atoms with Gasteiger partial charge in [-0.2, -0.15) is 5.10 Å². The fourth-order valence-electron chi connectivity index (χ4n) is 3.83. The number of nitrogens with one attached hydrogen (secondary N) is 1. The molecular formula is C23H23N7O. The number of benzene rings is 2. The number of urea groups is 1. The van der Waals surface area contributed by atoms with E-state index in [1.807, 2.05) is 66.6 Å². The van der Waals surface area contributed by atoms with E-state index >= 15 is 0 Å². The van der Waals surface area contributed by atoms with Gasteiger partial charge in [0.1, 0.15) is 11.6 Å². The lowest BCUT2D eigenvalue weighted by atomic mass is 10.1. The van der Waals surface area contributed by atoms with Crippen LogP contribution in [0.25, 0.3) is 16.6 Å². The number of piperazine rings is 1. The first kappa shape index (κ1) is 19.0. The van der Waals surface area contributed by atoms with Crippen LogP contribution in [0, 0.1) is 6.92 Å². The summed E-state index contributed by atoms with van der Waals surface area (Å²) in [6, 6.07) is 17.8. The molecule has 1 N–H and O–H groups in total. The highest BCUT2D eigenvalue weighted by Gasteiger charge is 2.23. The molecule has 4 aromatic rings. The Bertz CT molecular complexity index is 1210. The van der Waals surface area contributed by atoms with Crippen molar-refractivity contribution in [3.8, 4) is 5.82 Å². The van der Waals surface area contributed by atoms with E-state index in [9.17, 15) is 4.79 Å². The molecule has 1 fully saturated rings. The van der Waals surface area contributed by atoms with Crippen molar-refractivity contribution in [1.29, 1.82) is 0 Å². The average molecular weight is 413 g/mol. The Kier molecular flexibility index (Phi) is 4.95. The van der Waals surface area contributed by atoms with Crippen LogP contribution in [-0.2, 0) is 0 Å². The van der Waals surface area contributed by atoms with Crippen LogP contribution < -0.4 is 10.2 Å². The van der Waals surface area contributed by atoms with E-state index in [1.54, 1.807) is 10.9 Å². The van der Waals surface area contributed by atoms with Crippen LogP contribution in [0.5, 0.6) is 0 Å². The van der Waals surface area contributed by atoms with Gasteiger partial charge in [-0.1, -0.05) is 30.3 Å². The van der Waals surface area contributed by atoms with E-state index in [-0.39, 0.29) is 6.03 Å². The van der Waals surface area contributed by atoms with Gasteiger partial charge in [0.05, 0.1) is 0 Å². The number of anilines is 2. The van der Waals surface area contributed by atoms with Crippen molar-refractivity contribution in [2.45, 2.75) is 6.92 Å². The van der Waals surface area contributed by atoms with Gasteiger partial charge in [0.15, 0.2) is 5.82 Å². The number of aryl methyl sites for hydroxylation is 1. The second kappa shape index (κ2) is 8.06. The number of aromatic nitrogens is 4. The smallest absolute Gasteiger partial charge is 0.321 e. The molecule has 1 aliphatic heterocycles. The monoisotopic (exact) mass is 413 g/mol. The largest absolute Gasteiger partial charge is 0.353 e. The maximum atomic E-state index is 12.8. The minimum absolute atomic E-state index is 0.0778. The summed E-state index contributed by atoms with van der Waals surface area (Å²) in [4.78, 5) is 25.9. The number of hydrogen-bond donors (Lipinski definition) is 1. The molecule has 0 unspecified atom stereocenters. The Balaban J connectivity index is 1.24. The highest BCUT2D eigenvalue weighted by molar-refractivity contribution is 5.93. The molecule has 0 saturated carbocycles. The Morgan fingerprint density at radius 1 is 0.903 bits per heavy atom. The third kappa shape index (κ3) is 4.05. The summed E-state index contributed by atoms with van der Waals surface area (Å²) in [5, 5.41) is 9.55. The van der Waals surface area contributed by atoms with E-state index in [4.69, 9.17) is 0 Å². The lowest BCUT2D eigenvalue weighted by Gasteiger charge is -2.35. The highest BCUT2D eigenvalue weighted by atomic mass is 16.2. The van der Waals surface area contributed by atoms with Crippen molar-refractivity contribution in [1.82, 2.24) is 24.6 Å². The predicted octanol–water partition coefficient (Wildman–Crippen LogP) is 3.48. The zero-order chi connectivity index (χ0) is 21.2. The lowest BCUT2D eigenvalue weighted by molar-refractivity contribution is 0.208. The summed E-state index contributed by atoms with van der Waals surface area (Å²) < 4.78 is 1.73. The molecule has 0 radical (unpaired) electrons. The van der Waals surface area contributed by atoms with Crippen LogP contribution >= 0.6 is 0 Å². The summed E-state index contributed by atoms with van der Waals surface area (Å²) >= 11 is 0. The molecule has 8 nitrogen and oxygen atoms in total. The molecular weight excluding hydrogens is 390 g/mol. The predicted molar refractivity (Wildman–Crippen MR) is 121 cm³/mol.